The Morgan fingerprint density at radius 1 is 1.24 bits per heavy atom. The van der Waals surface area contributed by atoms with Gasteiger partial charge in [-0.3, -0.25) is 9.59 Å². The topological polar surface area (TPSA) is 130 Å². The van der Waals surface area contributed by atoms with E-state index in [-0.39, 0.29) is 24.7 Å². The number of halogens is 1. The molecule has 1 saturated carbocycles. The lowest BCUT2D eigenvalue weighted by Gasteiger charge is -2.16. The number of H-pyrrole nitrogens is 1. The van der Waals surface area contributed by atoms with Gasteiger partial charge in [-0.15, -0.1) is 0 Å². The maximum atomic E-state index is 14.8. The Bertz CT molecular complexity index is 1350. The molecular formula is C26H30FN5O5. The van der Waals surface area contributed by atoms with E-state index in [4.69, 9.17) is 9.47 Å². The van der Waals surface area contributed by atoms with Gasteiger partial charge in [-0.05, 0) is 31.7 Å². The van der Waals surface area contributed by atoms with E-state index in [0.29, 0.717) is 58.2 Å². The fraction of sp³-hybridized carbons (Fsp3) is 0.462. The molecule has 1 saturated heterocycles. The molecule has 0 unspecified atom stereocenters. The molecule has 1 aliphatic heterocycles. The number of aliphatic hydroxyl groups excluding tert-OH is 1. The first-order valence-electron chi connectivity index (χ1n) is 12.4. The van der Waals surface area contributed by atoms with E-state index in [1.807, 2.05) is 0 Å². The normalized spacial score (nSPS) is 19.3. The van der Waals surface area contributed by atoms with E-state index < -0.39 is 23.9 Å². The molecule has 3 N–H and O–H groups in total. The number of amides is 2. The minimum atomic E-state index is -0.872. The number of benzene rings is 1. The smallest absolute Gasteiger partial charge is 0.255 e. The summed E-state index contributed by atoms with van der Waals surface area (Å²) >= 11 is 0. The molecule has 0 radical (unpaired) electrons. The average Bonchev–Trinajstić information content (AvgIpc) is 3.55. The number of hydrogen-bond acceptors (Lipinski definition) is 7. The maximum absolute atomic E-state index is 14.8. The van der Waals surface area contributed by atoms with Crippen LogP contribution in [0.25, 0.3) is 22.3 Å². The van der Waals surface area contributed by atoms with Gasteiger partial charge < -0.3 is 29.8 Å². The highest BCUT2D eigenvalue weighted by Gasteiger charge is 2.35. The van der Waals surface area contributed by atoms with Crippen LogP contribution >= 0.6 is 0 Å². The van der Waals surface area contributed by atoms with Crippen molar-refractivity contribution in [2.45, 2.75) is 45.3 Å². The van der Waals surface area contributed by atoms with E-state index in [0.717, 1.165) is 12.8 Å². The number of aliphatic hydroxyl groups is 1. The van der Waals surface area contributed by atoms with Gasteiger partial charge >= 0.3 is 0 Å². The zero-order valence-electron chi connectivity index (χ0n) is 21.0. The summed E-state index contributed by atoms with van der Waals surface area (Å²) in [7, 11) is 1.39. The Hall–Kier alpha value is -3.73. The minimum Gasteiger partial charge on any atom is -0.494 e. The number of nitrogens with zero attached hydrogens (tertiary/aromatic N) is 3. The molecule has 37 heavy (non-hydrogen) atoms. The van der Waals surface area contributed by atoms with Crippen LogP contribution in [0.1, 0.15) is 42.2 Å². The van der Waals surface area contributed by atoms with Gasteiger partial charge in [0.1, 0.15) is 23.3 Å². The van der Waals surface area contributed by atoms with Crippen molar-refractivity contribution in [3.8, 4) is 22.8 Å². The largest absolute Gasteiger partial charge is 0.494 e. The summed E-state index contributed by atoms with van der Waals surface area (Å²) < 4.78 is 25.9. The first kappa shape index (κ1) is 24.9. The number of hydrogen-bond donors (Lipinski definition) is 3. The molecule has 0 spiro atoms. The number of aryl methyl sites for hydroxylation is 1. The Kier molecular flexibility index (Phi) is 6.72. The second-order valence-corrected chi connectivity index (χ2v) is 9.61. The van der Waals surface area contributed by atoms with Crippen molar-refractivity contribution in [3.05, 3.63) is 35.5 Å². The SMILES string of the molecule is CCC(=O)N1C[C@@H](O)[C@H](NC(=O)c2c(C)[nH]c3c(-c4cc(F)c(OC)cc4OCC4CC4)ncnc23)C1. The van der Waals surface area contributed by atoms with Gasteiger partial charge in [0.2, 0.25) is 5.91 Å². The van der Waals surface area contributed by atoms with Crippen LogP contribution in [0.2, 0.25) is 0 Å². The zero-order valence-corrected chi connectivity index (χ0v) is 21.0. The number of rotatable bonds is 8. The Balaban J connectivity index is 1.49. The van der Waals surface area contributed by atoms with Crippen molar-refractivity contribution < 1.29 is 28.6 Å². The number of nitrogens with one attached hydrogen (secondary N) is 2. The lowest BCUT2D eigenvalue weighted by molar-refractivity contribution is -0.130. The van der Waals surface area contributed by atoms with Crippen LogP contribution in [0.5, 0.6) is 11.5 Å². The fourth-order valence-electron chi connectivity index (χ4n) is 4.69. The molecule has 2 amide bonds. The Labute approximate surface area is 213 Å². The predicted octanol–water partition coefficient (Wildman–Crippen LogP) is 2.58. The summed E-state index contributed by atoms with van der Waals surface area (Å²) in [6.45, 7) is 4.40. The summed E-state index contributed by atoms with van der Waals surface area (Å²) in [5.41, 5.74) is 2.46. The van der Waals surface area contributed by atoms with Gasteiger partial charge in [-0.25, -0.2) is 14.4 Å². The molecule has 196 valence electrons. The third kappa shape index (κ3) is 4.83. The van der Waals surface area contributed by atoms with Gasteiger partial charge in [0.05, 0.1) is 36.9 Å². The lowest BCUT2D eigenvalue weighted by atomic mass is 10.1. The molecule has 1 aliphatic carbocycles. The average molecular weight is 512 g/mol. The first-order chi connectivity index (χ1) is 17.8. The van der Waals surface area contributed by atoms with Crippen molar-refractivity contribution >= 4 is 22.8 Å². The number of carbonyl (C=O) groups is 2. The highest BCUT2D eigenvalue weighted by Crippen LogP contribution is 2.39. The number of aromatic amines is 1. The molecule has 2 fully saturated rings. The number of methoxy groups -OCH3 is 1. The minimum absolute atomic E-state index is 0.0632. The van der Waals surface area contributed by atoms with E-state index in [9.17, 15) is 19.1 Å². The van der Waals surface area contributed by atoms with E-state index in [2.05, 4.69) is 20.3 Å². The molecule has 2 aromatic heterocycles. The van der Waals surface area contributed by atoms with Crippen molar-refractivity contribution in [2.75, 3.05) is 26.8 Å². The van der Waals surface area contributed by atoms with Gasteiger partial charge in [0.25, 0.3) is 5.91 Å². The number of ether oxygens (including phenoxy) is 2. The van der Waals surface area contributed by atoms with Crippen LogP contribution in [0.4, 0.5) is 4.39 Å². The van der Waals surface area contributed by atoms with Crippen LogP contribution < -0.4 is 14.8 Å². The van der Waals surface area contributed by atoms with Crippen molar-refractivity contribution in [2.24, 2.45) is 5.92 Å². The second-order valence-electron chi connectivity index (χ2n) is 9.61. The monoisotopic (exact) mass is 511 g/mol. The molecule has 3 aromatic rings. The predicted molar refractivity (Wildman–Crippen MR) is 133 cm³/mol. The van der Waals surface area contributed by atoms with E-state index in [1.54, 1.807) is 18.7 Å². The molecule has 2 aliphatic rings. The zero-order chi connectivity index (χ0) is 26.3. The lowest BCUT2D eigenvalue weighted by Crippen LogP contribution is -2.43. The molecule has 3 heterocycles. The molecule has 0 bridgehead atoms. The van der Waals surface area contributed by atoms with E-state index >= 15 is 0 Å². The standard InChI is InChI=1S/C26H30FN5O5/c1-4-21(34)32-9-17(18(33)10-32)31-26(35)22-13(2)30-25-23(28-12-29-24(22)25)15-7-16(27)20(36-3)8-19(15)37-11-14-5-6-14/h7-8,12,14,17-18,30,33H,4-6,9-11H2,1-3H3,(H,31,35)/t17-,18-/m1/s1. The van der Waals surface area contributed by atoms with Gasteiger partial charge in [-0.1, -0.05) is 6.92 Å². The summed E-state index contributed by atoms with van der Waals surface area (Å²) in [4.78, 5) is 38.8. The summed E-state index contributed by atoms with van der Waals surface area (Å²) in [5, 5.41) is 13.3. The van der Waals surface area contributed by atoms with Crippen molar-refractivity contribution in [3.63, 3.8) is 0 Å². The van der Waals surface area contributed by atoms with Crippen LogP contribution in [-0.4, -0.2) is 75.7 Å². The number of likely N-dealkylation sites (tertiary alicyclic amines) is 1. The Morgan fingerprint density at radius 3 is 2.73 bits per heavy atom. The maximum Gasteiger partial charge on any atom is 0.255 e. The van der Waals surface area contributed by atoms with Crippen LogP contribution in [-0.2, 0) is 4.79 Å². The molecule has 5 rings (SSSR count). The Morgan fingerprint density at radius 2 is 2.03 bits per heavy atom. The molecule has 2 atom stereocenters. The summed E-state index contributed by atoms with van der Waals surface area (Å²) in [5.74, 6) is -0.110. The van der Waals surface area contributed by atoms with Gasteiger partial charge in [0, 0.05) is 36.8 Å². The van der Waals surface area contributed by atoms with Crippen molar-refractivity contribution in [1.29, 1.82) is 0 Å². The van der Waals surface area contributed by atoms with Crippen LogP contribution in [0.3, 0.4) is 0 Å². The molecule has 1 aromatic carbocycles. The highest BCUT2D eigenvalue weighted by molar-refractivity contribution is 6.09. The molecular weight excluding hydrogens is 481 g/mol. The molecule has 10 nitrogen and oxygen atoms in total. The number of carbonyl (C=O) groups excluding carboxylic acids is 2. The summed E-state index contributed by atoms with van der Waals surface area (Å²) in [6, 6.07) is 2.22. The number of aromatic nitrogens is 3. The second kappa shape index (κ2) is 9.97. The highest BCUT2D eigenvalue weighted by atomic mass is 19.1. The van der Waals surface area contributed by atoms with Crippen LogP contribution in [0.15, 0.2) is 18.5 Å². The third-order valence-corrected chi connectivity index (χ3v) is 6.94. The van der Waals surface area contributed by atoms with Crippen molar-refractivity contribution in [1.82, 2.24) is 25.2 Å². The quantitative estimate of drug-likeness (QED) is 0.424. The van der Waals surface area contributed by atoms with Crippen LogP contribution in [0, 0.1) is 18.7 Å². The first-order valence-corrected chi connectivity index (χ1v) is 12.4. The third-order valence-electron chi connectivity index (χ3n) is 6.94. The summed E-state index contributed by atoms with van der Waals surface area (Å²) in [6.07, 6.45) is 2.97. The number of β-amino-alcohol motifs (C(OH)–C–C–N with tert-alkyl or cyclic N) is 1. The molecule has 11 heteroatoms. The van der Waals surface area contributed by atoms with E-state index in [1.165, 1.54) is 25.6 Å². The number of fused-ring (bicyclic) bond motifs is 1. The van der Waals surface area contributed by atoms with Gasteiger partial charge in [-0.2, -0.15) is 0 Å². The van der Waals surface area contributed by atoms with Gasteiger partial charge in [0.15, 0.2) is 11.6 Å². The fourth-order valence-corrected chi connectivity index (χ4v) is 4.69.